The normalized spacial score (nSPS) is 11.1. The SMILES string of the molecule is CCOc1ccccc1NC(=O)C(=O)N/N=C\c1ccccc1OCC(=O)Nc1cccc(C(F)(F)F)c1. The van der Waals surface area contributed by atoms with Crippen LogP contribution in [0.1, 0.15) is 18.1 Å². The number of halogens is 3. The van der Waals surface area contributed by atoms with Gasteiger partial charge in [-0.25, -0.2) is 5.43 Å². The topological polar surface area (TPSA) is 118 Å². The van der Waals surface area contributed by atoms with Crippen molar-refractivity contribution in [2.24, 2.45) is 5.10 Å². The standard InChI is InChI=1S/C26H23F3N4O5/c1-2-37-22-13-6-4-11-20(22)32-24(35)25(36)33-30-15-17-8-3-5-12-21(17)38-16-23(34)31-19-10-7-9-18(14-19)26(27,28)29/h3-15H,2,16H2,1H3,(H,31,34)(H,32,35)(H,33,36)/b30-15-. The zero-order chi connectivity index (χ0) is 27.5. The van der Waals surface area contributed by atoms with Crippen LogP contribution in [0.25, 0.3) is 0 Å². The van der Waals surface area contributed by atoms with Gasteiger partial charge in [0.2, 0.25) is 0 Å². The van der Waals surface area contributed by atoms with Gasteiger partial charge in [-0.2, -0.15) is 18.3 Å². The second-order valence-corrected chi connectivity index (χ2v) is 7.54. The van der Waals surface area contributed by atoms with Crippen LogP contribution in [-0.2, 0) is 20.6 Å². The number of para-hydroxylation sites is 3. The van der Waals surface area contributed by atoms with Crippen molar-refractivity contribution in [3.05, 3.63) is 83.9 Å². The van der Waals surface area contributed by atoms with Crippen molar-refractivity contribution in [1.29, 1.82) is 0 Å². The summed E-state index contributed by atoms with van der Waals surface area (Å²) in [5.41, 5.74) is 1.85. The van der Waals surface area contributed by atoms with Crippen LogP contribution < -0.4 is 25.5 Å². The highest BCUT2D eigenvalue weighted by Crippen LogP contribution is 2.30. The molecule has 12 heteroatoms. The number of nitrogens with one attached hydrogen (secondary N) is 3. The minimum absolute atomic E-state index is 0.0341. The maximum absolute atomic E-state index is 12.9. The van der Waals surface area contributed by atoms with Crippen molar-refractivity contribution < 1.29 is 37.0 Å². The van der Waals surface area contributed by atoms with Crippen molar-refractivity contribution >= 4 is 35.3 Å². The minimum atomic E-state index is -4.54. The Morgan fingerprint density at radius 1 is 0.868 bits per heavy atom. The summed E-state index contributed by atoms with van der Waals surface area (Å²) in [6.07, 6.45) is -3.33. The number of carbonyl (C=O) groups excluding carboxylic acids is 3. The lowest BCUT2D eigenvalue weighted by Crippen LogP contribution is -2.32. The Kier molecular flexibility index (Phi) is 9.41. The summed E-state index contributed by atoms with van der Waals surface area (Å²) in [4.78, 5) is 36.5. The molecule has 0 bridgehead atoms. The van der Waals surface area contributed by atoms with Gasteiger partial charge in [0, 0.05) is 11.3 Å². The van der Waals surface area contributed by atoms with Crippen molar-refractivity contribution in [3.8, 4) is 11.5 Å². The molecule has 3 N–H and O–H groups in total. The Labute approximate surface area is 215 Å². The Morgan fingerprint density at radius 3 is 2.32 bits per heavy atom. The van der Waals surface area contributed by atoms with E-state index in [9.17, 15) is 27.6 Å². The van der Waals surface area contributed by atoms with Crippen LogP contribution in [0.3, 0.4) is 0 Å². The lowest BCUT2D eigenvalue weighted by atomic mass is 10.2. The Balaban J connectivity index is 1.55. The molecule has 0 saturated heterocycles. The number of anilines is 2. The van der Waals surface area contributed by atoms with Crippen LogP contribution in [-0.4, -0.2) is 37.1 Å². The van der Waals surface area contributed by atoms with Gasteiger partial charge in [-0.15, -0.1) is 0 Å². The molecule has 0 fully saturated rings. The van der Waals surface area contributed by atoms with E-state index >= 15 is 0 Å². The van der Waals surface area contributed by atoms with Crippen LogP contribution in [0.15, 0.2) is 77.9 Å². The maximum atomic E-state index is 12.9. The van der Waals surface area contributed by atoms with E-state index in [0.717, 1.165) is 12.1 Å². The molecule has 0 aliphatic rings. The van der Waals surface area contributed by atoms with Gasteiger partial charge < -0.3 is 20.1 Å². The molecule has 0 unspecified atom stereocenters. The molecule has 3 aromatic carbocycles. The molecule has 0 saturated carbocycles. The molecule has 3 aromatic rings. The molecule has 0 aliphatic carbocycles. The summed E-state index contributed by atoms with van der Waals surface area (Å²) in [7, 11) is 0. The third-order valence-electron chi connectivity index (χ3n) is 4.76. The Hall–Kier alpha value is -4.87. The molecule has 0 aromatic heterocycles. The fraction of sp³-hybridized carbons (Fsp3) is 0.154. The second kappa shape index (κ2) is 12.9. The largest absolute Gasteiger partial charge is 0.492 e. The second-order valence-electron chi connectivity index (χ2n) is 7.54. The summed E-state index contributed by atoms with van der Waals surface area (Å²) in [6, 6.07) is 17.2. The summed E-state index contributed by atoms with van der Waals surface area (Å²) in [5, 5.41) is 8.52. The van der Waals surface area contributed by atoms with E-state index < -0.39 is 36.1 Å². The number of rotatable bonds is 9. The first-order valence-corrected chi connectivity index (χ1v) is 11.2. The van der Waals surface area contributed by atoms with E-state index in [1.165, 1.54) is 24.4 Å². The predicted octanol–water partition coefficient (Wildman–Crippen LogP) is 4.21. The maximum Gasteiger partial charge on any atom is 0.416 e. The van der Waals surface area contributed by atoms with E-state index in [2.05, 4.69) is 21.2 Å². The average Bonchev–Trinajstić information content (AvgIpc) is 2.89. The van der Waals surface area contributed by atoms with E-state index in [4.69, 9.17) is 9.47 Å². The van der Waals surface area contributed by atoms with Crippen LogP contribution in [0.5, 0.6) is 11.5 Å². The summed E-state index contributed by atoms with van der Waals surface area (Å²) in [5.74, 6) is -2.08. The molecule has 0 atom stereocenters. The number of alkyl halides is 3. The third kappa shape index (κ3) is 8.08. The Bertz CT molecular complexity index is 1330. The van der Waals surface area contributed by atoms with E-state index in [0.29, 0.717) is 23.6 Å². The first-order valence-electron chi connectivity index (χ1n) is 11.2. The number of hydrogen-bond acceptors (Lipinski definition) is 6. The third-order valence-corrected chi connectivity index (χ3v) is 4.76. The summed E-state index contributed by atoms with van der Waals surface area (Å²) >= 11 is 0. The van der Waals surface area contributed by atoms with Gasteiger partial charge in [0.1, 0.15) is 11.5 Å². The van der Waals surface area contributed by atoms with Crippen LogP contribution in [0.4, 0.5) is 24.5 Å². The molecule has 198 valence electrons. The minimum Gasteiger partial charge on any atom is -0.492 e. The summed E-state index contributed by atoms with van der Waals surface area (Å²) < 4.78 is 49.4. The molecule has 0 radical (unpaired) electrons. The molecule has 0 spiro atoms. The molecule has 3 amide bonds. The van der Waals surface area contributed by atoms with Crippen LogP contribution >= 0.6 is 0 Å². The lowest BCUT2D eigenvalue weighted by Gasteiger charge is -2.11. The molecule has 0 heterocycles. The first-order chi connectivity index (χ1) is 18.2. The number of hydrogen-bond donors (Lipinski definition) is 3. The van der Waals surface area contributed by atoms with Gasteiger partial charge >= 0.3 is 18.0 Å². The summed E-state index contributed by atoms with van der Waals surface area (Å²) in [6.45, 7) is 1.65. The van der Waals surface area contributed by atoms with Gasteiger partial charge in [-0.3, -0.25) is 14.4 Å². The highest BCUT2D eigenvalue weighted by molar-refractivity contribution is 6.39. The van der Waals surface area contributed by atoms with Gasteiger partial charge in [0.25, 0.3) is 5.91 Å². The predicted molar refractivity (Wildman–Crippen MR) is 134 cm³/mol. The van der Waals surface area contributed by atoms with E-state index in [1.807, 2.05) is 0 Å². The molecular weight excluding hydrogens is 505 g/mol. The lowest BCUT2D eigenvalue weighted by molar-refractivity contribution is -0.137. The quantitative estimate of drug-likeness (QED) is 0.219. The number of hydrazone groups is 1. The molecule has 38 heavy (non-hydrogen) atoms. The van der Waals surface area contributed by atoms with Gasteiger partial charge in [-0.05, 0) is 49.4 Å². The van der Waals surface area contributed by atoms with Gasteiger partial charge in [0.15, 0.2) is 6.61 Å². The van der Waals surface area contributed by atoms with E-state index in [1.54, 1.807) is 49.4 Å². The molecule has 9 nitrogen and oxygen atoms in total. The monoisotopic (exact) mass is 528 g/mol. The molecule has 0 aliphatic heterocycles. The number of benzene rings is 3. The highest BCUT2D eigenvalue weighted by Gasteiger charge is 2.30. The molecule has 3 rings (SSSR count). The van der Waals surface area contributed by atoms with Gasteiger partial charge in [-0.1, -0.05) is 30.3 Å². The van der Waals surface area contributed by atoms with Crippen molar-refractivity contribution in [1.82, 2.24) is 5.43 Å². The fourth-order valence-electron chi connectivity index (χ4n) is 3.07. The zero-order valence-corrected chi connectivity index (χ0v) is 20.0. The van der Waals surface area contributed by atoms with Crippen molar-refractivity contribution in [3.63, 3.8) is 0 Å². The first kappa shape index (κ1) is 27.7. The number of carbonyl (C=O) groups is 3. The zero-order valence-electron chi connectivity index (χ0n) is 20.0. The van der Waals surface area contributed by atoms with Gasteiger partial charge in [0.05, 0.1) is 24.1 Å². The average molecular weight is 528 g/mol. The Morgan fingerprint density at radius 2 is 1.58 bits per heavy atom. The molecular formula is C26H23F3N4O5. The van der Waals surface area contributed by atoms with E-state index in [-0.39, 0.29) is 11.4 Å². The van der Waals surface area contributed by atoms with Crippen molar-refractivity contribution in [2.75, 3.05) is 23.8 Å². The number of amides is 3. The smallest absolute Gasteiger partial charge is 0.416 e. The van der Waals surface area contributed by atoms with Crippen LogP contribution in [0.2, 0.25) is 0 Å². The van der Waals surface area contributed by atoms with Crippen molar-refractivity contribution in [2.45, 2.75) is 13.1 Å². The highest BCUT2D eigenvalue weighted by atomic mass is 19.4. The number of ether oxygens (including phenoxy) is 2. The van der Waals surface area contributed by atoms with Crippen LogP contribution in [0, 0.1) is 0 Å². The fourth-order valence-corrected chi connectivity index (χ4v) is 3.07. The number of nitrogens with zero attached hydrogens (tertiary/aromatic N) is 1.